The molecule has 1 aliphatic carbocycles. The first-order chi connectivity index (χ1) is 23.6. The van der Waals surface area contributed by atoms with E-state index in [4.69, 9.17) is 4.74 Å². The van der Waals surface area contributed by atoms with Crippen molar-refractivity contribution in [3.05, 3.63) is 108 Å². The summed E-state index contributed by atoms with van der Waals surface area (Å²) in [6.45, 7) is 3.82. The molecule has 0 bridgehead atoms. The number of rotatable bonds is 16. The lowest BCUT2D eigenvalue weighted by Gasteiger charge is -2.34. The van der Waals surface area contributed by atoms with Crippen LogP contribution in [0.5, 0.6) is 0 Å². The minimum absolute atomic E-state index is 0.167. The molecule has 10 heteroatoms. The summed E-state index contributed by atoms with van der Waals surface area (Å²) in [6, 6.07) is 25.5. The van der Waals surface area contributed by atoms with Crippen LogP contribution in [0.4, 0.5) is 4.79 Å². The van der Waals surface area contributed by atoms with Gasteiger partial charge in [0.1, 0.15) is 12.2 Å². The highest BCUT2D eigenvalue weighted by atomic mass is 16.6. The molecule has 49 heavy (non-hydrogen) atoms. The predicted molar refractivity (Wildman–Crippen MR) is 187 cm³/mol. The number of alkyl carbamates (subject to hydrolysis) is 1. The topological polar surface area (TPSA) is 157 Å². The highest BCUT2D eigenvalue weighted by Crippen LogP contribution is 2.31. The van der Waals surface area contributed by atoms with Crippen molar-refractivity contribution in [1.82, 2.24) is 16.0 Å². The Balaban J connectivity index is 1.45. The van der Waals surface area contributed by atoms with Gasteiger partial charge in [-0.05, 0) is 41.4 Å². The van der Waals surface area contributed by atoms with E-state index in [0.717, 1.165) is 37.7 Å². The molecule has 1 aliphatic rings. The first-order valence-electron chi connectivity index (χ1n) is 17.4. The molecule has 3 aromatic rings. The van der Waals surface area contributed by atoms with E-state index in [1.807, 2.05) is 42.5 Å². The molecular weight excluding hydrogens is 622 g/mol. The highest BCUT2D eigenvalue weighted by molar-refractivity contribution is 5.85. The fourth-order valence-corrected chi connectivity index (χ4v) is 6.39. The van der Waals surface area contributed by atoms with Crippen molar-refractivity contribution >= 4 is 17.9 Å². The molecule has 0 aliphatic heterocycles. The molecule has 4 rings (SSSR count). The van der Waals surface area contributed by atoms with E-state index in [9.17, 15) is 29.7 Å². The number of carbonyl (C=O) groups is 3. The zero-order chi connectivity index (χ0) is 35.2. The molecule has 10 nitrogen and oxygen atoms in total. The Morgan fingerprint density at radius 3 is 1.92 bits per heavy atom. The molecule has 0 heterocycles. The fraction of sp³-hybridized carbons (Fsp3) is 0.462. The van der Waals surface area contributed by atoms with Gasteiger partial charge in [0.2, 0.25) is 0 Å². The van der Waals surface area contributed by atoms with E-state index in [1.165, 1.54) is 0 Å². The largest absolute Gasteiger partial charge is 0.436 e. The van der Waals surface area contributed by atoms with Gasteiger partial charge in [-0.3, -0.25) is 9.59 Å². The molecule has 3 amide bonds. The van der Waals surface area contributed by atoms with Gasteiger partial charge in [0, 0.05) is 6.54 Å². The van der Waals surface area contributed by atoms with E-state index in [2.05, 4.69) is 16.0 Å². The summed E-state index contributed by atoms with van der Waals surface area (Å²) in [5.41, 5.74) is 2.23. The van der Waals surface area contributed by atoms with E-state index < -0.39 is 60.3 Å². The van der Waals surface area contributed by atoms with Crippen molar-refractivity contribution in [3.8, 4) is 0 Å². The summed E-state index contributed by atoms with van der Waals surface area (Å²) in [5.74, 6) is -1.75. The van der Waals surface area contributed by atoms with Gasteiger partial charge < -0.3 is 36.0 Å². The fourth-order valence-electron chi connectivity index (χ4n) is 6.39. The van der Waals surface area contributed by atoms with Gasteiger partial charge in [-0.1, -0.05) is 137 Å². The summed E-state index contributed by atoms with van der Waals surface area (Å²) in [4.78, 5) is 39.9. The van der Waals surface area contributed by atoms with Gasteiger partial charge in [-0.25, -0.2) is 4.79 Å². The number of carbonyl (C=O) groups excluding carboxylic acids is 3. The maximum absolute atomic E-state index is 13.6. The standard InChI is InChI=1S/C39H51N3O7/c1-26(2)36(49-39(48)40-24-23-27-15-7-3-8-16-27)38(47)41-31(25-28-17-9-4-10-18-28)34(44)35(45)37(46)42-32(29-19-11-5-12-20-29)33(43)30-21-13-6-14-22-30/h3,5-8,11-16,19-22,26,28,31-36,43-45H,4,9-10,17-18,23-25H2,1-2H3,(H,40,48)(H,41,47)(H,42,46). The number of aliphatic hydroxyl groups is 3. The van der Waals surface area contributed by atoms with Gasteiger partial charge in [0.15, 0.2) is 12.2 Å². The second-order valence-electron chi connectivity index (χ2n) is 13.3. The zero-order valence-corrected chi connectivity index (χ0v) is 28.4. The average molecular weight is 674 g/mol. The lowest BCUT2D eigenvalue weighted by molar-refractivity contribution is -0.142. The Morgan fingerprint density at radius 1 is 0.755 bits per heavy atom. The van der Waals surface area contributed by atoms with Gasteiger partial charge >= 0.3 is 6.09 Å². The molecule has 0 aromatic heterocycles. The average Bonchev–Trinajstić information content (AvgIpc) is 3.13. The second-order valence-corrected chi connectivity index (χ2v) is 13.3. The number of hydrogen-bond acceptors (Lipinski definition) is 7. The van der Waals surface area contributed by atoms with E-state index in [1.54, 1.807) is 62.4 Å². The van der Waals surface area contributed by atoms with Gasteiger partial charge in [0.05, 0.1) is 12.1 Å². The first kappa shape index (κ1) is 37.6. The maximum Gasteiger partial charge on any atom is 0.407 e. The molecule has 1 fully saturated rings. The number of nitrogens with one attached hydrogen (secondary N) is 3. The highest BCUT2D eigenvalue weighted by Gasteiger charge is 2.38. The Kier molecular flexibility index (Phi) is 14.6. The van der Waals surface area contributed by atoms with E-state index in [-0.39, 0.29) is 5.92 Å². The maximum atomic E-state index is 13.6. The normalized spacial score (nSPS) is 17.2. The molecule has 0 saturated heterocycles. The Morgan fingerprint density at radius 2 is 1.33 bits per heavy atom. The molecule has 264 valence electrons. The van der Waals surface area contributed by atoms with Gasteiger partial charge in [-0.15, -0.1) is 0 Å². The van der Waals surface area contributed by atoms with Crippen LogP contribution in [0.2, 0.25) is 0 Å². The molecular formula is C39H51N3O7. The molecule has 0 radical (unpaired) electrons. The number of benzene rings is 3. The van der Waals surface area contributed by atoms with Crippen molar-refractivity contribution in [2.45, 2.75) is 95.3 Å². The number of hydrogen-bond donors (Lipinski definition) is 6. The summed E-state index contributed by atoms with van der Waals surface area (Å²) in [6.07, 6.45) is -0.799. The van der Waals surface area contributed by atoms with Gasteiger partial charge in [-0.2, -0.15) is 0 Å². The van der Waals surface area contributed by atoms with Crippen molar-refractivity contribution in [2.75, 3.05) is 6.54 Å². The van der Waals surface area contributed by atoms with Crippen molar-refractivity contribution in [3.63, 3.8) is 0 Å². The molecule has 6 unspecified atom stereocenters. The number of aliphatic hydroxyl groups excluding tert-OH is 3. The number of ether oxygens (including phenoxy) is 1. The van der Waals surface area contributed by atoms with Crippen LogP contribution < -0.4 is 16.0 Å². The second kappa shape index (κ2) is 19.1. The Labute approximate surface area is 289 Å². The molecule has 6 atom stereocenters. The summed E-state index contributed by atoms with van der Waals surface area (Å²) in [5, 5.41) is 42.3. The lowest BCUT2D eigenvalue weighted by atomic mass is 9.82. The monoisotopic (exact) mass is 673 g/mol. The van der Waals surface area contributed by atoms with Crippen LogP contribution in [0.25, 0.3) is 0 Å². The Bertz CT molecular complexity index is 1430. The van der Waals surface area contributed by atoms with Crippen LogP contribution in [0.3, 0.4) is 0 Å². The van der Waals surface area contributed by atoms with Crippen molar-refractivity contribution in [1.29, 1.82) is 0 Å². The SMILES string of the molecule is CC(C)C(OC(=O)NCCc1ccccc1)C(=O)NC(CC1CCCCC1)C(O)C(O)C(=O)NC(c1ccccc1)C(O)c1ccccc1. The van der Waals surface area contributed by atoms with Crippen LogP contribution in [-0.2, 0) is 20.7 Å². The van der Waals surface area contributed by atoms with E-state index >= 15 is 0 Å². The minimum atomic E-state index is -1.93. The van der Waals surface area contributed by atoms with Crippen LogP contribution >= 0.6 is 0 Å². The third-order valence-electron chi connectivity index (χ3n) is 9.18. The molecule has 3 aromatic carbocycles. The molecule has 6 N–H and O–H groups in total. The third kappa shape index (κ3) is 11.4. The van der Waals surface area contributed by atoms with Gasteiger partial charge in [0.25, 0.3) is 11.8 Å². The first-order valence-corrected chi connectivity index (χ1v) is 17.4. The minimum Gasteiger partial charge on any atom is -0.436 e. The third-order valence-corrected chi connectivity index (χ3v) is 9.18. The predicted octanol–water partition coefficient (Wildman–Crippen LogP) is 4.75. The van der Waals surface area contributed by atoms with Crippen LogP contribution in [0, 0.1) is 11.8 Å². The van der Waals surface area contributed by atoms with Crippen LogP contribution in [-0.4, -0.2) is 64.1 Å². The summed E-state index contributed by atoms with van der Waals surface area (Å²) >= 11 is 0. The van der Waals surface area contributed by atoms with Crippen LogP contribution in [0.15, 0.2) is 91.0 Å². The smallest absolute Gasteiger partial charge is 0.407 e. The lowest BCUT2D eigenvalue weighted by Crippen LogP contribution is -2.56. The van der Waals surface area contributed by atoms with Crippen LogP contribution in [0.1, 0.15) is 81.2 Å². The van der Waals surface area contributed by atoms with Crippen molar-refractivity contribution in [2.24, 2.45) is 11.8 Å². The zero-order valence-electron chi connectivity index (χ0n) is 28.4. The summed E-state index contributed by atoms with van der Waals surface area (Å²) in [7, 11) is 0. The quantitative estimate of drug-likeness (QED) is 0.128. The molecule has 0 spiro atoms. The summed E-state index contributed by atoms with van der Waals surface area (Å²) < 4.78 is 5.55. The Hall–Kier alpha value is -4.25. The molecule has 1 saturated carbocycles. The van der Waals surface area contributed by atoms with Crippen molar-refractivity contribution < 1.29 is 34.4 Å². The van der Waals surface area contributed by atoms with E-state index in [0.29, 0.717) is 30.5 Å². The number of amides is 3.